The number of halogens is 1. The van der Waals surface area contributed by atoms with Gasteiger partial charge in [0.25, 0.3) is 0 Å². The number of anilines is 1. The van der Waals surface area contributed by atoms with E-state index in [0.29, 0.717) is 12.2 Å². The Labute approximate surface area is 111 Å². The van der Waals surface area contributed by atoms with Crippen LogP contribution in [-0.2, 0) is 10.2 Å². The molecule has 1 aliphatic heterocycles. The number of nitrogens with one attached hydrogen (secondary N) is 1. The van der Waals surface area contributed by atoms with Gasteiger partial charge in [-0.1, -0.05) is 20.8 Å². The topological polar surface area (TPSA) is 49.4 Å². The number of imide groups is 1. The zero-order valence-corrected chi connectivity index (χ0v) is 11.3. The maximum absolute atomic E-state index is 13.4. The van der Waals surface area contributed by atoms with Crippen molar-refractivity contribution >= 4 is 17.6 Å². The standard InChI is InChI=1S/C14H17FN2O2/c1-14(2,3)10-8-9(15)4-5-11(10)17-7-6-12(18)16-13(17)19/h4-5,8H,6-7H2,1-3H3,(H,16,18,19). The van der Waals surface area contributed by atoms with Crippen molar-refractivity contribution in [2.24, 2.45) is 0 Å². The van der Waals surface area contributed by atoms with Crippen LogP contribution in [0.4, 0.5) is 14.9 Å². The Morgan fingerprint density at radius 1 is 1.26 bits per heavy atom. The van der Waals surface area contributed by atoms with Crippen molar-refractivity contribution in [1.82, 2.24) is 5.32 Å². The van der Waals surface area contributed by atoms with Crippen LogP contribution in [-0.4, -0.2) is 18.5 Å². The summed E-state index contributed by atoms with van der Waals surface area (Å²) in [4.78, 5) is 24.5. The number of urea groups is 1. The first kappa shape index (κ1) is 13.5. The molecule has 0 saturated carbocycles. The number of benzene rings is 1. The van der Waals surface area contributed by atoms with E-state index < -0.39 is 6.03 Å². The van der Waals surface area contributed by atoms with E-state index in [0.717, 1.165) is 5.56 Å². The Hall–Kier alpha value is -1.91. The fourth-order valence-corrected chi connectivity index (χ4v) is 2.14. The highest BCUT2D eigenvalue weighted by molar-refractivity contribution is 6.06. The molecule has 0 unspecified atom stereocenters. The third kappa shape index (κ3) is 2.75. The molecule has 102 valence electrons. The Morgan fingerprint density at radius 3 is 2.53 bits per heavy atom. The maximum Gasteiger partial charge on any atom is 0.328 e. The molecule has 4 nitrogen and oxygen atoms in total. The minimum absolute atomic E-state index is 0.257. The lowest BCUT2D eigenvalue weighted by Gasteiger charge is -2.32. The molecule has 1 aromatic rings. The van der Waals surface area contributed by atoms with Gasteiger partial charge in [0.1, 0.15) is 5.82 Å². The van der Waals surface area contributed by atoms with Gasteiger partial charge in [-0.25, -0.2) is 9.18 Å². The lowest BCUT2D eigenvalue weighted by atomic mass is 9.85. The van der Waals surface area contributed by atoms with Crippen LogP contribution in [0.25, 0.3) is 0 Å². The van der Waals surface area contributed by atoms with Gasteiger partial charge in [-0.05, 0) is 29.2 Å². The summed E-state index contributed by atoms with van der Waals surface area (Å²) in [5, 5.41) is 2.28. The number of carbonyl (C=O) groups excluding carboxylic acids is 2. The largest absolute Gasteiger partial charge is 0.328 e. The summed E-state index contributed by atoms with van der Waals surface area (Å²) >= 11 is 0. The van der Waals surface area contributed by atoms with E-state index >= 15 is 0 Å². The van der Waals surface area contributed by atoms with E-state index in [9.17, 15) is 14.0 Å². The van der Waals surface area contributed by atoms with Gasteiger partial charge < -0.3 is 0 Å². The smallest absolute Gasteiger partial charge is 0.293 e. The highest BCUT2D eigenvalue weighted by Crippen LogP contribution is 2.33. The minimum atomic E-state index is -0.451. The van der Waals surface area contributed by atoms with E-state index in [1.54, 1.807) is 6.07 Å². The van der Waals surface area contributed by atoms with E-state index in [-0.39, 0.29) is 23.6 Å². The van der Waals surface area contributed by atoms with E-state index in [1.165, 1.54) is 17.0 Å². The molecule has 3 amide bonds. The number of rotatable bonds is 1. The Morgan fingerprint density at radius 2 is 1.95 bits per heavy atom. The van der Waals surface area contributed by atoms with Crippen molar-refractivity contribution < 1.29 is 14.0 Å². The van der Waals surface area contributed by atoms with Gasteiger partial charge in [0, 0.05) is 18.7 Å². The summed E-state index contributed by atoms with van der Waals surface area (Å²) in [7, 11) is 0. The third-order valence-electron chi connectivity index (χ3n) is 3.11. The van der Waals surface area contributed by atoms with Crippen LogP contribution in [0.1, 0.15) is 32.8 Å². The van der Waals surface area contributed by atoms with Gasteiger partial charge in [-0.15, -0.1) is 0 Å². The molecule has 1 N–H and O–H groups in total. The molecule has 1 heterocycles. The number of hydrogen-bond donors (Lipinski definition) is 1. The first-order chi connectivity index (χ1) is 8.79. The van der Waals surface area contributed by atoms with Crippen molar-refractivity contribution in [3.63, 3.8) is 0 Å². The normalized spacial score (nSPS) is 16.5. The van der Waals surface area contributed by atoms with Crippen molar-refractivity contribution in [3.8, 4) is 0 Å². The molecule has 2 rings (SSSR count). The lowest BCUT2D eigenvalue weighted by molar-refractivity contribution is -0.120. The maximum atomic E-state index is 13.4. The quantitative estimate of drug-likeness (QED) is 0.847. The Kier molecular flexibility index (Phi) is 3.30. The summed E-state index contributed by atoms with van der Waals surface area (Å²) in [6, 6.07) is 3.91. The molecule has 5 heteroatoms. The predicted molar refractivity (Wildman–Crippen MR) is 70.6 cm³/mol. The molecule has 1 saturated heterocycles. The Bertz CT molecular complexity index is 535. The van der Waals surface area contributed by atoms with Gasteiger partial charge in [-0.3, -0.25) is 15.0 Å². The highest BCUT2D eigenvalue weighted by Gasteiger charge is 2.29. The predicted octanol–water partition coefficient (Wildman–Crippen LogP) is 2.57. The fourth-order valence-electron chi connectivity index (χ4n) is 2.14. The van der Waals surface area contributed by atoms with Crippen LogP contribution in [0.2, 0.25) is 0 Å². The highest BCUT2D eigenvalue weighted by atomic mass is 19.1. The molecule has 0 aromatic heterocycles. The first-order valence-electron chi connectivity index (χ1n) is 6.20. The molecule has 0 radical (unpaired) electrons. The summed E-state index contributed by atoms with van der Waals surface area (Å²) in [6.45, 7) is 6.19. The zero-order valence-electron chi connectivity index (χ0n) is 11.3. The molecule has 0 spiro atoms. The van der Waals surface area contributed by atoms with Crippen LogP contribution in [0.3, 0.4) is 0 Å². The summed E-state index contributed by atoms with van der Waals surface area (Å²) in [5.41, 5.74) is 1.11. The van der Waals surface area contributed by atoms with Crippen molar-refractivity contribution in [2.75, 3.05) is 11.4 Å². The Balaban J connectivity index is 2.45. The number of amides is 3. The summed E-state index contributed by atoms with van der Waals surface area (Å²) in [5.74, 6) is -0.608. The van der Waals surface area contributed by atoms with E-state index in [1.807, 2.05) is 20.8 Å². The lowest BCUT2D eigenvalue weighted by Crippen LogP contribution is -2.50. The molecule has 1 aliphatic rings. The second-order valence-corrected chi connectivity index (χ2v) is 5.67. The number of carbonyl (C=O) groups is 2. The first-order valence-corrected chi connectivity index (χ1v) is 6.20. The third-order valence-corrected chi connectivity index (χ3v) is 3.11. The van der Waals surface area contributed by atoms with Crippen LogP contribution in [0.15, 0.2) is 18.2 Å². The van der Waals surface area contributed by atoms with Crippen LogP contribution >= 0.6 is 0 Å². The number of nitrogens with zero attached hydrogens (tertiary/aromatic N) is 1. The van der Waals surface area contributed by atoms with Crippen molar-refractivity contribution in [2.45, 2.75) is 32.6 Å². The molecule has 19 heavy (non-hydrogen) atoms. The zero-order chi connectivity index (χ0) is 14.2. The van der Waals surface area contributed by atoms with Gasteiger partial charge in [-0.2, -0.15) is 0 Å². The summed E-state index contributed by atoms with van der Waals surface area (Å²) < 4.78 is 13.4. The molecule has 0 bridgehead atoms. The van der Waals surface area contributed by atoms with Crippen molar-refractivity contribution in [3.05, 3.63) is 29.6 Å². The molecular formula is C14H17FN2O2. The average molecular weight is 264 g/mol. The molecule has 0 atom stereocenters. The second-order valence-electron chi connectivity index (χ2n) is 5.67. The monoisotopic (exact) mass is 264 g/mol. The van der Waals surface area contributed by atoms with Gasteiger partial charge in [0.05, 0.1) is 0 Å². The molecule has 1 aromatic carbocycles. The summed E-state index contributed by atoms with van der Waals surface area (Å²) in [6.07, 6.45) is 0.257. The fraction of sp³-hybridized carbons (Fsp3) is 0.429. The van der Waals surface area contributed by atoms with E-state index in [4.69, 9.17) is 0 Å². The van der Waals surface area contributed by atoms with E-state index in [2.05, 4.69) is 5.32 Å². The second kappa shape index (κ2) is 4.64. The van der Waals surface area contributed by atoms with Crippen LogP contribution in [0.5, 0.6) is 0 Å². The van der Waals surface area contributed by atoms with Crippen LogP contribution in [0, 0.1) is 5.82 Å². The van der Waals surface area contributed by atoms with Crippen molar-refractivity contribution in [1.29, 1.82) is 0 Å². The average Bonchev–Trinajstić information content (AvgIpc) is 2.28. The van der Waals surface area contributed by atoms with Gasteiger partial charge >= 0.3 is 6.03 Å². The van der Waals surface area contributed by atoms with Gasteiger partial charge in [0.2, 0.25) is 5.91 Å². The minimum Gasteiger partial charge on any atom is -0.293 e. The molecule has 1 fully saturated rings. The SMILES string of the molecule is CC(C)(C)c1cc(F)ccc1N1CCC(=O)NC1=O. The number of hydrogen-bond acceptors (Lipinski definition) is 2. The molecule has 0 aliphatic carbocycles. The van der Waals surface area contributed by atoms with Gasteiger partial charge in [0.15, 0.2) is 0 Å². The molecular weight excluding hydrogens is 247 g/mol. The van der Waals surface area contributed by atoms with Crippen LogP contribution < -0.4 is 10.2 Å².